The summed E-state index contributed by atoms with van der Waals surface area (Å²) in [7, 11) is -1.63. The van der Waals surface area contributed by atoms with Gasteiger partial charge in [0, 0.05) is 17.0 Å². The van der Waals surface area contributed by atoms with Crippen LogP contribution in [0.5, 0.6) is 0 Å². The van der Waals surface area contributed by atoms with Gasteiger partial charge in [0.15, 0.2) is 5.78 Å². The van der Waals surface area contributed by atoms with Crippen molar-refractivity contribution in [2.24, 2.45) is 5.92 Å². The Morgan fingerprint density at radius 3 is 2.26 bits per heavy atom. The van der Waals surface area contributed by atoms with Crippen LogP contribution in [0.2, 0.25) is 10.0 Å². The van der Waals surface area contributed by atoms with E-state index < -0.39 is 7.80 Å². The van der Waals surface area contributed by atoms with Gasteiger partial charge in [-0.05, 0) is 36.6 Å². The molecule has 5 heteroatoms. The standard InChI is InChI=1S/C18H18Cl2O2P/c1-12(2)10-11-23(22)16-9-4-3-6-13(16)18(21)17-14(19)7-5-8-15(17)20/h3-9,12H,10-11H2,1-2H3. The van der Waals surface area contributed by atoms with Gasteiger partial charge in [0.05, 0.1) is 15.6 Å². The van der Waals surface area contributed by atoms with Crippen molar-refractivity contribution >= 4 is 42.1 Å². The van der Waals surface area contributed by atoms with E-state index >= 15 is 0 Å². The number of hydrogen-bond donors (Lipinski definition) is 0. The summed E-state index contributed by atoms with van der Waals surface area (Å²) in [5.74, 6) is 0.180. The largest absolute Gasteiger partial charge is 0.288 e. The maximum atomic E-state index is 12.9. The summed E-state index contributed by atoms with van der Waals surface area (Å²) in [5, 5.41) is 1.17. The Bertz CT molecular complexity index is 721. The van der Waals surface area contributed by atoms with Gasteiger partial charge in [-0.3, -0.25) is 9.36 Å². The number of carbonyl (C=O) groups is 1. The lowest BCUT2D eigenvalue weighted by atomic mass is 10.0. The van der Waals surface area contributed by atoms with Crippen molar-refractivity contribution < 1.29 is 9.36 Å². The van der Waals surface area contributed by atoms with Gasteiger partial charge >= 0.3 is 0 Å². The summed E-state index contributed by atoms with van der Waals surface area (Å²) >= 11 is 12.3. The predicted octanol–water partition coefficient (Wildman–Crippen LogP) is 5.72. The van der Waals surface area contributed by atoms with E-state index in [1.807, 2.05) is 0 Å². The first-order chi connectivity index (χ1) is 10.9. The summed E-state index contributed by atoms with van der Waals surface area (Å²) < 4.78 is 12.6. The molecule has 0 bridgehead atoms. The van der Waals surface area contributed by atoms with E-state index in [1.54, 1.807) is 42.5 Å². The quantitative estimate of drug-likeness (QED) is 0.483. The summed E-state index contributed by atoms with van der Waals surface area (Å²) in [6, 6.07) is 11.9. The first kappa shape index (κ1) is 18.1. The summed E-state index contributed by atoms with van der Waals surface area (Å²) in [4.78, 5) is 12.9. The first-order valence-electron chi connectivity index (χ1n) is 7.44. The number of rotatable bonds is 6. The van der Waals surface area contributed by atoms with Gasteiger partial charge < -0.3 is 0 Å². The Balaban J connectivity index is 2.41. The van der Waals surface area contributed by atoms with Crippen LogP contribution in [-0.2, 0) is 4.57 Å². The highest BCUT2D eigenvalue weighted by atomic mass is 35.5. The molecule has 2 nitrogen and oxygen atoms in total. The van der Waals surface area contributed by atoms with Crippen LogP contribution in [0, 0.1) is 5.92 Å². The Kier molecular flexibility index (Phi) is 6.35. The van der Waals surface area contributed by atoms with Crippen molar-refractivity contribution in [1.82, 2.24) is 0 Å². The molecule has 0 saturated carbocycles. The molecule has 2 aromatic rings. The van der Waals surface area contributed by atoms with Crippen molar-refractivity contribution in [2.45, 2.75) is 20.3 Å². The van der Waals surface area contributed by atoms with Crippen LogP contribution in [0.25, 0.3) is 0 Å². The van der Waals surface area contributed by atoms with Crippen molar-refractivity contribution in [3.63, 3.8) is 0 Å². The lowest BCUT2D eigenvalue weighted by Gasteiger charge is -2.11. The van der Waals surface area contributed by atoms with Gasteiger partial charge in [-0.2, -0.15) is 0 Å². The van der Waals surface area contributed by atoms with Crippen LogP contribution in [0.1, 0.15) is 36.2 Å². The minimum atomic E-state index is -1.63. The zero-order valence-corrected chi connectivity index (χ0v) is 15.5. The second kappa shape index (κ2) is 8.06. The number of benzene rings is 2. The predicted molar refractivity (Wildman–Crippen MR) is 97.9 cm³/mol. The zero-order valence-electron chi connectivity index (χ0n) is 13.1. The van der Waals surface area contributed by atoms with Crippen LogP contribution >= 0.6 is 31.0 Å². The maximum Gasteiger partial charge on any atom is 0.197 e. The van der Waals surface area contributed by atoms with Crippen LogP contribution in [0.3, 0.4) is 0 Å². The lowest BCUT2D eigenvalue weighted by Crippen LogP contribution is -2.15. The van der Waals surface area contributed by atoms with E-state index in [1.165, 1.54) is 0 Å². The monoisotopic (exact) mass is 367 g/mol. The number of halogens is 2. The fourth-order valence-electron chi connectivity index (χ4n) is 2.23. The highest BCUT2D eigenvalue weighted by Gasteiger charge is 2.21. The zero-order chi connectivity index (χ0) is 17.0. The number of hydrogen-bond acceptors (Lipinski definition) is 2. The smallest absolute Gasteiger partial charge is 0.197 e. The highest BCUT2D eigenvalue weighted by Crippen LogP contribution is 2.30. The van der Waals surface area contributed by atoms with E-state index in [0.29, 0.717) is 33.0 Å². The molecule has 1 radical (unpaired) electrons. The normalized spacial score (nSPS) is 11.6. The van der Waals surface area contributed by atoms with E-state index in [4.69, 9.17) is 23.2 Å². The molecular weight excluding hydrogens is 350 g/mol. The fraction of sp³-hybridized carbons (Fsp3) is 0.278. The van der Waals surface area contributed by atoms with Gasteiger partial charge in [-0.1, -0.05) is 55.2 Å². The molecule has 0 aliphatic heterocycles. The molecule has 0 saturated heterocycles. The molecule has 0 N–H and O–H groups in total. The Hall–Kier alpha value is -1.21. The molecule has 0 aromatic heterocycles. The second-order valence-corrected chi connectivity index (χ2v) is 8.23. The van der Waals surface area contributed by atoms with Crippen LogP contribution in [0.4, 0.5) is 0 Å². The third kappa shape index (κ3) is 4.41. The molecule has 2 aromatic carbocycles. The average molecular weight is 368 g/mol. The Morgan fingerprint density at radius 2 is 1.65 bits per heavy atom. The highest BCUT2D eigenvalue weighted by molar-refractivity contribution is 7.53. The van der Waals surface area contributed by atoms with Gasteiger partial charge in [0.25, 0.3) is 0 Å². The van der Waals surface area contributed by atoms with Gasteiger partial charge in [0.2, 0.25) is 0 Å². The molecule has 0 aliphatic rings. The Morgan fingerprint density at radius 1 is 1.04 bits per heavy atom. The van der Waals surface area contributed by atoms with Crippen molar-refractivity contribution in [2.75, 3.05) is 6.16 Å². The minimum absolute atomic E-state index is 0.260. The van der Waals surface area contributed by atoms with Crippen molar-refractivity contribution in [1.29, 1.82) is 0 Å². The fourth-order valence-corrected chi connectivity index (χ4v) is 4.49. The van der Waals surface area contributed by atoms with E-state index in [-0.39, 0.29) is 11.3 Å². The van der Waals surface area contributed by atoms with Crippen LogP contribution < -0.4 is 5.30 Å². The van der Waals surface area contributed by atoms with Gasteiger partial charge in [0.1, 0.15) is 7.80 Å². The second-order valence-electron chi connectivity index (χ2n) is 5.73. The Labute approximate surface area is 147 Å². The van der Waals surface area contributed by atoms with Crippen molar-refractivity contribution in [3.8, 4) is 0 Å². The molecule has 121 valence electrons. The minimum Gasteiger partial charge on any atom is -0.288 e. The summed E-state index contributed by atoms with van der Waals surface area (Å²) in [6.45, 7) is 4.17. The molecule has 0 heterocycles. The molecule has 0 aliphatic carbocycles. The first-order valence-corrected chi connectivity index (χ1v) is 9.64. The lowest BCUT2D eigenvalue weighted by molar-refractivity contribution is 0.104. The molecule has 1 unspecified atom stereocenters. The summed E-state index contributed by atoms with van der Waals surface area (Å²) in [6.07, 6.45) is 1.41. The van der Waals surface area contributed by atoms with E-state index in [2.05, 4.69) is 13.8 Å². The molecule has 1 atom stereocenters. The molecule has 23 heavy (non-hydrogen) atoms. The third-order valence-electron chi connectivity index (χ3n) is 3.52. The average Bonchev–Trinajstić information content (AvgIpc) is 2.52. The SMILES string of the molecule is CC(C)CC[P](=O)c1ccccc1C(=O)c1c(Cl)cccc1Cl. The van der Waals surface area contributed by atoms with Crippen LogP contribution in [-0.4, -0.2) is 11.9 Å². The number of ketones is 1. The maximum absolute atomic E-state index is 12.9. The molecule has 0 amide bonds. The topological polar surface area (TPSA) is 34.1 Å². The molecule has 0 fully saturated rings. The number of carbonyl (C=O) groups excluding carboxylic acids is 1. The third-order valence-corrected chi connectivity index (χ3v) is 5.74. The van der Waals surface area contributed by atoms with Gasteiger partial charge in [-0.25, -0.2) is 0 Å². The molecular formula is C18H18Cl2O2P. The van der Waals surface area contributed by atoms with Crippen molar-refractivity contribution in [3.05, 3.63) is 63.6 Å². The van der Waals surface area contributed by atoms with E-state index in [9.17, 15) is 9.36 Å². The molecule has 0 spiro atoms. The van der Waals surface area contributed by atoms with Crippen LogP contribution in [0.15, 0.2) is 42.5 Å². The summed E-state index contributed by atoms with van der Waals surface area (Å²) in [5.41, 5.74) is 0.669. The van der Waals surface area contributed by atoms with Gasteiger partial charge in [-0.15, -0.1) is 0 Å². The van der Waals surface area contributed by atoms with E-state index in [0.717, 1.165) is 6.42 Å². The molecule has 2 rings (SSSR count).